The van der Waals surface area contributed by atoms with E-state index in [4.69, 9.17) is 4.74 Å². The first-order valence-corrected chi connectivity index (χ1v) is 14.0. The van der Waals surface area contributed by atoms with Crippen molar-refractivity contribution in [2.24, 2.45) is 5.92 Å². The minimum absolute atomic E-state index is 0.142. The molecule has 2 N–H and O–H groups in total. The second-order valence-electron chi connectivity index (χ2n) is 11.2. The third-order valence-electron chi connectivity index (χ3n) is 6.55. The summed E-state index contributed by atoms with van der Waals surface area (Å²) in [7, 11) is 0. The molecule has 0 aliphatic carbocycles. The number of rotatable bonds is 14. The number of nitrogens with zero attached hydrogens (tertiary/aromatic N) is 1. The Kier molecular flexibility index (Phi) is 13.7. The summed E-state index contributed by atoms with van der Waals surface area (Å²) in [6.45, 7) is 18.5. The zero-order valence-corrected chi connectivity index (χ0v) is 24.7. The summed E-state index contributed by atoms with van der Waals surface area (Å²) in [4.78, 5) is 42.3. The number of nitrogens with one attached hydrogen (secondary N) is 2. The molecule has 3 unspecified atom stereocenters. The van der Waals surface area contributed by atoms with E-state index in [9.17, 15) is 14.4 Å². The molecule has 0 aliphatic rings. The maximum Gasteiger partial charge on any atom is 0.408 e. The van der Waals surface area contributed by atoms with Gasteiger partial charge >= 0.3 is 6.09 Å². The Bertz CT molecular complexity index is 878. The second-order valence-corrected chi connectivity index (χ2v) is 11.2. The van der Waals surface area contributed by atoms with Gasteiger partial charge in [-0.2, -0.15) is 0 Å². The van der Waals surface area contributed by atoms with E-state index in [1.807, 2.05) is 45.9 Å². The van der Waals surface area contributed by atoms with Crippen LogP contribution < -0.4 is 10.6 Å². The van der Waals surface area contributed by atoms with Crippen molar-refractivity contribution >= 4 is 17.9 Å². The third kappa shape index (κ3) is 10.7. The van der Waals surface area contributed by atoms with Gasteiger partial charge < -0.3 is 20.3 Å². The van der Waals surface area contributed by atoms with Crippen LogP contribution in [0.3, 0.4) is 0 Å². The van der Waals surface area contributed by atoms with Crippen LogP contribution >= 0.6 is 0 Å². The lowest BCUT2D eigenvalue weighted by molar-refractivity contribution is -0.143. The quantitative estimate of drug-likeness (QED) is 0.287. The van der Waals surface area contributed by atoms with Crippen LogP contribution in [0.2, 0.25) is 0 Å². The lowest BCUT2D eigenvalue weighted by Gasteiger charge is -2.36. The summed E-state index contributed by atoms with van der Waals surface area (Å²) >= 11 is 0. The number of unbranched alkanes of at least 4 members (excludes halogenated alkanes) is 3. The molecule has 3 atom stereocenters. The molecule has 7 nitrogen and oxygen atoms in total. The average molecular weight is 518 g/mol. The van der Waals surface area contributed by atoms with Gasteiger partial charge in [-0.05, 0) is 64.5 Å². The molecule has 1 aromatic carbocycles. The van der Waals surface area contributed by atoms with Gasteiger partial charge in [0.05, 0.1) is 0 Å². The summed E-state index contributed by atoms with van der Waals surface area (Å²) in [6, 6.07) is 4.39. The maximum absolute atomic E-state index is 14.2. The van der Waals surface area contributed by atoms with E-state index in [1.54, 1.807) is 25.7 Å². The van der Waals surface area contributed by atoms with Gasteiger partial charge in [0.2, 0.25) is 11.8 Å². The highest BCUT2D eigenvalue weighted by atomic mass is 16.6. The van der Waals surface area contributed by atoms with E-state index in [2.05, 4.69) is 24.5 Å². The molecule has 0 bridgehead atoms. The zero-order valence-electron chi connectivity index (χ0n) is 24.7. The van der Waals surface area contributed by atoms with Crippen molar-refractivity contribution in [3.05, 3.63) is 34.9 Å². The van der Waals surface area contributed by atoms with Crippen LogP contribution in [0.4, 0.5) is 4.79 Å². The van der Waals surface area contributed by atoms with E-state index < -0.39 is 23.8 Å². The van der Waals surface area contributed by atoms with Crippen molar-refractivity contribution in [3.63, 3.8) is 0 Å². The van der Waals surface area contributed by atoms with Crippen molar-refractivity contribution in [2.45, 2.75) is 119 Å². The zero-order chi connectivity index (χ0) is 28.2. The molecule has 0 aromatic heterocycles. The Morgan fingerprint density at radius 1 is 1.00 bits per heavy atom. The molecular weight excluding hydrogens is 466 g/mol. The third-order valence-corrected chi connectivity index (χ3v) is 6.55. The Hall–Kier alpha value is -2.57. The first kappa shape index (κ1) is 32.5. The number of hydrogen-bond acceptors (Lipinski definition) is 4. The van der Waals surface area contributed by atoms with E-state index in [0.717, 1.165) is 48.8 Å². The number of amides is 3. The minimum atomic E-state index is -0.807. The Labute approximate surface area is 225 Å². The van der Waals surface area contributed by atoms with E-state index in [0.29, 0.717) is 19.5 Å². The highest BCUT2D eigenvalue weighted by molar-refractivity contribution is 5.92. The van der Waals surface area contributed by atoms with Crippen LogP contribution in [0.25, 0.3) is 0 Å². The normalized spacial score (nSPS) is 13.9. The van der Waals surface area contributed by atoms with Gasteiger partial charge in [-0.3, -0.25) is 9.59 Å². The summed E-state index contributed by atoms with van der Waals surface area (Å²) in [5.41, 5.74) is 2.18. The number of carbonyl (C=O) groups is 3. The number of carbonyl (C=O) groups excluding carboxylic acids is 3. The molecule has 7 heteroatoms. The smallest absolute Gasteiger partial charge is 0.408 e. The van der Waals surface area contributed by atoms with Crippen LogP contribution in [0.5, 0.6) is 0 Å². The van der Waals surface area contributed by atoms with Crippen molar-refractivity contribution in [3.8, 4) is 0 Å². The predicted molar refractivity (Wildman–Crippen MR) is 150 cm³/mol. The summed E-state index contributed by atoms with van der Waals surface area (Å²) in [5.74, 6) is -0.589. The number of hydrogen-bond donors (Lipinski definition) is 2. The average Bonchev–Trinajstić information content (AvgIpc) is 2.81. The molecule has 0 saturated carbocycles. The largest absolute Gasteiger partial charge is 0.444 e. The van der Waals surface area contributed by atoms with Gasteiger partial charge in [0.25, 0.3) is 0 Å². The molecule has 210 valence electrons. The molecule has 0 fully saturated rings. The fourth-order valence-electron chi connectivity index (χ4n) is 4.26. The van der Waals surface area contributed by atoms with Gasteiger partial charge in [0, 0.05) is 13.1 Å². The molecule has 0 saturated heterocycles. The van der Waals surface area contributed by atoms with Gasteiger partial charge in [0.15, 0.2) is 0 Å². The molecule has 0 radical (unpaired) electrons. The SMILES string of the molecule is CCCCCN(C(=O)C(NC(=O)OC(C)(C)C)C(C)CC)C(C(=O)NCCCC)c1ccc(C)cc1C. The Morgan fingerprint density at radius 3 is 2.19 bits per heavy atom. The van der Waals surface area contributed by atoms with Gasteiger partial charge in [-0.1, -0.05) is 77.1 Å². The molecule has 0 heterocycles. The molecule has 0 spiro atoms. The standard InChI is InChI=1S/C30H51N3O4/c1-10-13-15-19-33(28(35)25(22(5)12-3)32-29(36)37-30(7,8)9)26(27(34)31-18-14-11-2)24-17-16-21(4)20-23(24)6/h16-17,20,22,25-26H,10-15,18-19H2,1-9H3,(H,31,34)(H,32,36). The van der Waals surface area contributed by atoms with Crippen LogP contribution in [0, 0.1) is 19.8 Å². The number of benzene rings is 1. The molecular formula is C30H51N3O4. The summed E-state index contributed by atoms with van der Waals surface area (Å²) < 4.78 is 5.48. The van der Waals surface area contributed by atoms with Gasteiger partial charge in [0.1, 0.15) is 17.7 Å². The van der Waals surface area contributed by atoms with Crippen molar-refractivity contribution in [1.82, 2.24) is 15.5 Å². The second kappa shape index (κ2) is 15.6. The van der Waals surface area contributed by atoms with E-state index in [-0.39, 0.29) is 17.7 Å². The fraction of sp³-hybridized carbons (Fsp3) is 0.700. The number of aryl methyl sites for hydroxylation is 2. The van der Waals surface area contributed by atoms with Gasteiger partial charge in [-0.15, -0.1) is 0 Å². The molecule has 0 aliphatic heterocycles. The van der Waals surface area contributed by atoms with E-state index >= 15 is 0 Å². The predicted octanol–water partition coefficient (Wildman–Crippen LogP) is 6.22. The van der Waals surface area contributed by atoms with Crippen LogP contribution in [0.1, 0.15) is 110 Å². The fourth-order valence-corrected chi connectivity index (χ4v) is 4.26. The van der Waals surface area contributed by atoms with Crippen LogP contribution in [-0.4, -0.2) is 47.5 Å². The Morgan fingerprint density at radius 2 is 1.65 bits per heavy atom. The maximum atomic E-state index is 14.2. The first-order chi connectivity index (χ1) is 17.4. The first-order valence-electron chi connectivity index (χ1n) is 14.0. The van der Waals surface area contributed by atoms with Crippen molar-refractivity contribution in [2.75, 3.05) is 13.1 Å². The summed E-state index contributed by atoms with van der Waals surface area (Å²) in [6.07, 6.45) is 4.58. The topological polar surface area (TPSA) is 87.7 Å². The molecule has 1 aromatic rings. The Balaban J connectivity index is 3.54. The molecule has 1 rings (SSSR count). The van der Waals surface area contributed by atoms with Crippen molar-refractivity contribution < 1.29 is 19.1 Å². The lowest BCUT2D eigenvalue weighted by Crippen LogP contribution is -2.55. The molecule has 3 amide bonds. The summed E-state index contributed by atoms with van der Waals surface area (Å²) in [5, 5.41) is 5.89. The van der Waals surface area contributed by atoms with Crippen molar-refractivity contribution in [1.29, 1.82) is 0 Å². The highest BCUT2D eigenvalue weighted by Crippen LogP contribution is 2.28. The number of alkyl carbamates (subject to hydrolysis) is 1. The van der Waals surface area contributed by atoms with E-state index in [1.165, 1.54) is 0 Å². The number of ether oxygens (including phenoxy) is 1. The molecule has 37 heavy (non-hydrogen) atoms. The highest BCUT2D eigenvalue weighted by Gasteiger charge is 2.38. The van der Waals surface area contributed by atoms with Crippen LogP contribution in [0.15, 0.2) is 18.2 Å². The minimum Gasteiger partial charge on any atom is -0.444 e. The van der Waals surface area contributed by atoms with Crippen LogP contribution in [-0.2, 0) is 14.3 Å². The lowest BCUT2D eigenvalue weighted by atomic mass is 9.93. The van der Waals surface area contributed by atoms with Gasteiger partial charge in [-0.25, -0.2) is 4.79 Å². The monoisotopic (exact) mass is 517 g/mol.